The Hall–Kier alpha value is -0.350. The normalized spacial score (nSPS) is 10.0. The van der Waals surface area contributed by atoms with E-state index in [-0.39, 0.29) is 10.9 Å². The molecule has 0 aromatic carbocycles. The van der Waals surface area contributed by atoms with Crippen LogP contribution in [0.4, 0.5) is 0 Å². The minimum absolute atomic E-state index is 0.0949. The lowest BCUT2D eigenvalue weighted by Gasteiger charge is -1.84. The van der Waals surface area contributed by atoms with E-state index in [1.807, 2.05) is 0 Å². The van der Waals surface area contributed by atoms with E-state index < -0.39 is 0 Å². The van der Waals surface area contributed by atoms with Crippen molar-refractivity contribution in [1.82, 2.24) is 9.78 Å². The Morgan fingerprint density at radius 3 is 2.78 bits per heavy atom. The van der Waals surface area contributed by atoms with Crippen LogP contribution in [0.3, 0.4) is 0 Å². The van der Waals surface area contributed by atoms with Crippen molar-refractivity contribution in [2.45, 2.75) is 12.9 Å². The molecule has 0 saturated carbocycles. The molecule has 0 aliphatic carbocycles. The van der Waals surface area contributed by atoms with Gasteiger partial charge in [-0.15, -0.1) is 11.6 Å². The molecule has 0 N–H and O–H groups in total. The molecule has 1 heterocycles. The zero-order chi connectivity index (χ0) is 6.85. The third-order valence-corrected chi connectivity index (χ3v) is 1.81. The summed E-state index contributed by atoms with van der Waals surface area (Å²) in [6, 6.07) is 0.142. The summed E-state index contributed by atoms with van der Waals surface area (Å²) in [6.07, 6.45) is 0. The van der Waals surface area contributed by atoms with Gasteiger partial charge in [-0.2, -0.15) is 5.10 Å². The van der Waals surface area contributed by atoms with Gasteiger partial charge in [-0.1, -0.05) is 11.3 Å². The van der Waals surface area contributed by atoms with E-state index in [9.17, 15) is 4.79 Å². The first kappa shape index (κ1) is 6.77. The number of alkyl halides is 1. The molecule has 5 heteroatoms. The predicted octanol–water partition coefficient (Wildman–Crippen LogP) is 0.810. The molecule has 9 heavy (non-hydrogen) atoms. The molecule has 50 valence electrons. The monoisotopic (exact) mass is 164 g/mol. The predicted molar refractivity (Wildman–Crippen MR) is 37.0 cm³/mol. The molecule has 0 bridgehead atoms. The SMILES string of the molecule is Cc1nn(CCl)c(=O)s1. The average Bonchev–Trinajstić information content (AvgIpc) is 2.10. The van der Waals surface area contributed by atoms with Gasteiger partial charge in [0, 0.05) is 0 Å². The van der Waals surface area contributed by atoms with Crippen LogP contribution >= 0.6 is 22.9 Å². The van der Waals surface area contributed by atoms with Gasteiger partial charge < -0.3 is 0 Å². The highest BCUT2D eigenvalue weighted by Crippen LogP contribution is 1.94. The third-order valence-electron chi connectivity index (χ3n) is 0.821. The maximum absolute atomic E-state index is 10.7. The van der Waals surface area contributed by atoms with Crippen molar-refractivity contribution in [2.24, 2.45) is 0 Å². The molecule has 0 fully saturated rings. The molecular weight excluding hydrogens is 160 g/mol. The number of halogens is 1. The van der Waals surface area contributed by atoms with Crippen LogP contribution in [0.25, 0.3) is 0 Å². The number of nitrogens with zero attached hydrogens (tertiary/aromatic N) is 2. The fourth-order valence-corrected chi connectivity index (χ4v) is 1.32. The van der Waals surface area contributed by atoms with Crippen molar-refractivity contribution < 1.29 is 0 Å². The van der Waals surface area contributed by atoms with E-state index in [0.29, 0.717) is 0 Å². The summed E-state index contributed by atoms with van der Waals surface area (Å²) in [4.78, 5) is 10.6. The van der Waals surface area contributed by atoms with Crippen LogP contribution < -0.4 is 4.87 Å². The van der Waals surface area contributed by atoms with Gasteiger partial charge in [0.2, 0.25) is 0 Å². The van der Waals surface area contributed by atoms with Crippen molar-refractivity contribution in [2.75, 3.05) is 0 Å². The minimum atomic E-state index is -0.0949. The van der Waals surface area contributed by atoms with Crippen LogP contribution in [0.2, 0.25) is 0 Å². The van der Waals surface area contributed by atoms with E-state index in [4.69, 9.17) is 11.6 Å². The lowest BCUT2D eigenvalue weighted by molar-refractivity contribution is 0.711. The second-order valence-corrected chi connectivity index (χ2v) is 2.89. The van der Waals surface area contributed by atoms with Gasteiger partial charge in [-0.3, -0.25) is 4.79 Å². The van der Waals surface area contributed by atoms with Crippen LogP contribution in [0.5, 0.6) is 0 Å². The van der Waals surface area contributed by atoms with E-state index in [2.05, 4.69) is 5.10 Å². The Balaban J connectivity index is 3.16. The first-order chi connectivity index (χ1) is 4.24. The molecule has 0 atom stereocenters. The molecular formula is C4H5ClN2OS. The zero-order valence-corrected chi connectivity index (χ0v) is 6.37. The zero-order valence-electron chi connectivity index (χ0n) is 4.80. The Morgan fingerprint density at radius 1 is 1.89 bits per heavy atom. The van der Waals surface area contributed by atoms with Crippen LogP contribution in [0.1, 0.15) is 5.01 Å². The lowest BCUT2D eigenvalue weighted by atomic mass is 10.9. The molecule has 0 unspecified atom stereocenters. The van der Waals surface area contributed by atoms with Gasteiger partial charge in [0.05, 0.1) is 0 Å². The Morgan fingerprint density at radius 2 is 2.56 bits per heavy atom. The van der Waals surface area contributed by atoms with Crippen molar-refractivity contribution in [1.29, 1.82) is 0 Å². The highest BCUT2D eigenvalue weighted by atomic mass is 35.5. The van der Waals surface area contributed by atoms with Gasteiger partial charge in [0.1, 0.15) is 11.0 Å². The summed E-state index contributed by atoms with van der Waals surface area (Å²) in [5.41, 5.74) is 0. The summed E-state index contributed by atoms with van der Waals surface area (Å²) >= 11 is 6.46. The fourth-order valence-electron chi connectivity index (χ4n) is 0.486. The Kier molecular flexibility index (Phi) is 1.87. The van der Waals surface area contributed by atoms with E-state index in [0.717, 1.165) is 16.3 Å². The first-order valence-corrected chi connectivity index (χ1v) is 3.69. The summed E-state index contributed by atoms with van der Waals surface area (Å²) < 4.78 is 1.22. The molecule has 0 aliphatic rings. The van der Waals surface area contributed by atoms with Gasteiger partial charge in [-0.05, 0) is 6.92 Å². The van der Waals surface area contributed by atoms with E-state index in [1.54, 1.807) is 6.92 Å². The van der Waals surface area contributed by atoms with Gasteiger partial charge in [-0.25, -0.2) is 4.68 Å². The number of hydrogen-bond donors (Lipinski definition) is 0. The first-order valence-electron chi connectivity index (χ1n) is 2.34. The summed E-state index contributed by atoms with van der Waals surface area (Å²) in [7, 11) is 0. The van der Waals surface area contributed by atoms with Crippen LogP contribution in [0.15, 0.2) is 4.79 Å². The van der Waals surface area contributed by atoms with E-state index in [1.165, 1.54) is 4.68 Å². The Bertz CT molecular complexity index is 253. The number of aryl methyl sites for hydroxylation is 1. The topological polar surface area (TPSA) is 34.9 Å². The third kappa shape index (κ3) is 1.31. The number of rotatable bonds is 1. The molecule has 0 saturated heterocycles. The molecule has 1 aromatic rings. The summed E-state index contributed by atoms with van der Waals surface area (Å²) in [5.74, 6) is 0. The van der Waals surface area contributed by atoms with Crippen LogP contribution in [-0.2, 0) is 6.00 Å². The van der Waals surface area contributed by atoms with Crippen molar-refractivity contribution >= 4 is 22.9 Å². The fraction of sp³-hybridized carbons (Fsp3) is 0.500. The average molecular weight is 165 g/mol. The molecule has 3 nitrogen and oxygen atoms in total. The largest absolute Gasteiger partial charge is 0.326 e. The van der Waals surface area contributed by atoms with E-state index >= 15 is 0 Å². The second kappa shape index (κ2) is 2.49. The number of aromatic nitrogens is 2. The van der Waals surface area contributed by atoms with Crippen LogP contribution in [0, 0.1) is 6.92 Å². The molecule has 0 spiro atoms. The van der Waals surface area contributed by atoms with Crippen molar-refractivity contribution in [3.63, 3.8) is 0 Å². The lowest BCUT2D eigenvalue weighted by Crippen LogP contribution is -2.11. The standard InChI is InChI=1S/C4H5ClN2OS/c1-3-6-7(2-5)4(8)9-3/h2H2,1H3. The van der Waals surface area contributed by atoms with Gasteiger partial charge in [0.25, 0.3) is 0 Å². The summed E-state index contributed by atoms with van der Waals surface area (Å²) in [6.45, 7) is 1.77. The quantitative estimate of drug-likeness (QED) is 0.576. The van der Waals surface area contributed by atoms with Gasteiger partial charge >= 0.3 is 4.87 Å². The molecule has 1 rings (SSSR count). The molecule has 0 amide bonds. The minimum Gasteiger partial charge on any atom is -0.255 e. The Labute approximate surface area is 60.9 Å². The second-order valence-electron chi connectivity index (χ2n) is 1.51. The summed E-state index contributed by atoms with van der Waals surface area (Å²) in [5, 5.41) is 4.57. The molecule has 1 aromatic heterocycles. The van der Waals surface area contributed by atoms with Crippen LogP contribution in [-0.4, -0.2) is 9.78 Å². The highest BCUT2D eigenvalue weighted by molar-refractivity contribution is 7.08. The van der Waals surface area contributed by atoms with Gasteiger partial charge in [0.15, 0.2) is 0 Å². The molecule has 0 aliphatic heterocycles. The maximum Gasteiger partial charge on any atom is 0.326 e. The van der Waals surface area contributed by atoms with Crippen molar-refractivity contribution in [3.05, 3.63) is 14.7 Å². The number of hydrogen-bond acceptors (Lipinski definition) is 3. The smallest absolute Gasteiger partial charge is 0.255 e. The molecule has 0 radical (unpaired) electrons. The maximum atomic E-state index is 10.7. The highest BCUT2D eigenvalue weighted by Gasteiger charge is 1.97. The van der Waals surface area contributed by atoms with Crippen molar-refractivity contribution in [3.8, 4) is 0 Å².